The average molecular weight is 468 g/mol. The van der Waals surface area contributed by atoms with Gasteiger partial charge in [-0.25, -0.2) is 4.79 Å². The fourth-order valence-corrected chi connectivity index (χ4v) is 4.29. The number of para-hydroxylation sites is 1. The molecular formula is C26H30ClN3O3. The van der Waals surface area contributed by atoms with Crippen LogP contribution in [0.2, 0.25) is 5.02 Å². The van der Waals surface area contributed by atoms with Crippen LogP contribution < -0.4 is 4.74 Å². The Morgan fingerprint density at radius 2 is 1.76 bits per heavy atom. The predicted molar refractivity (Wildman–Crippen MR) is 130 cm³/mol. The number of carbonyl (C=O) groups excluding carboxylic acids is 1. The van der Waals surface area contributed by atoms with Crippen LogP contribution in [0.25, 0.3) is 11.3 Å². The maximum absolute atomic E-state index is 12.7. The van der Waals surface area contributed by atoms with Crippen molar-refractivity contribution in [1.29, 1.82) is 0 Å². The van der Waals surface area contributed by atoms with Gasteiger partial charge >= 0.3 is 6.09 Å². The Morgan fingerprint density at radius 3 is 2.45 bits per heavy atom. The van der Waals surface area contributed by atoms with E-state index >= 15 is 0 Å². The van der Waals surface area contributed by atoms with Crippen molar-refractivity contribution in [1.82, 2.24) is 14.7 Å². The number of benzene rings is 2. The molecule has 7 heteroatoms. The highest BCUT2D eigenvalue weighted by Gasteiger charge is 2.28. The van der Waals surface area contributed by atoms with Crippen molar-refractivity contribution in [3.63, 3.8) is 0 Å². The Labute approximate surface area is 200 Å². The number of aromatic nitrogens is 2. The van der Waals surface area contributed by atoms with Crippen LogP contribution in [0.5, 0.6) is 5.75 Å². The molecule has 33 heavy (non-hydrogen) atoms. The van der Waals surface area contributed by atoms with Crippen molar-refractivity contribution < 1.29 is 14.3 Å². The number of carbonyl (C=O) groups is 1. The molecule has 174 valence electrons. The van der Waals surface area contributed by atoms with Gasteiger partial charge in [-0.05, 0) is 45.4 Å². The van der Waals surface area contributed by atoms with Gasteiger partial charge in [0.25, 0.3) is 0 Å². The number of fused-ring (bicyclic) bond motifs is 1. The number of amides is 1. The van der Waals surface area contributed by atoms with Crippen LogP contribution in [-0.2, 0) is 24.1 Å². The van der Waals surface area contributed by atoms with Crippen LogP contribution in [-0.4, -0.2) is 46.6 Å². The highest BCUT2D eigenvalue weighted by molar-refractivity contribution is 6.30. The third-order valence-electron chi connectivity index (χ3n) is 5.67. The predicted octanol–water partition coefficient (Wildman–Crippen LogP) is 5.60. The summed E-state index contributed by atoms with van der Waals surface area (Å²) in [4.78, 5) is 14.4. The van der Waals surface area contributed by atoms with Crippen LogP contribution >= 0.6 is 11.6 Å². The molecule has 1 amide bonds. The maximum Gasteiger partial charge on any atom is 0.410 e. The van der Waals surface area contributed by atoms with Crippen LogP contribution in [0.4, 0.5) is 4.79 Å². The third-order valence-corrected chi connectivity index (χ3v) is 5.92. The smallest absolute Gasteiger partial charge is 0.410 e. The molecule has 4 rings (SSSR count). The molecule has 0 atom stereocenters. The Bertz CT molecular complexity index is 1130. The van der Waals surface area contributed by atoms with E-state index in [0.717, 1.165) is 28.3 Å². The molecule has 1 aliphatic rings. The van der Waals surface area contributed by atoms with E-state index in [-0.39, 0.29) is 6.09 Å². The maximum atomic E-state index is 12.7. The Morgan fingerprint density at radius 1 is 1.06 bits per heavy atom. The summed E-state index contributed by atoms with van der Waals surface area (Å²) in [5.41, 5.74) is 4.82. The van der Waals surface area contributed by atoms with E-state index < -0.39 is 5.60 Å². The van der Waals surface area contributed by atoms with Gasteiger partial charge in [-0.3, -0.25) is 4.68 Å². The van der Waals surface area contributed by atoms with Crippen LogP contribution in [0, 0.1) is 0 Å². The Hall–Kier alpha value is -2.99. The minimum atomic E-state index is -0.518. The van der Waals surface area contributed by atoms with Gasteiger partial charge < -0.3 is 14.4 Å². The monoisotopic (exact) mass is 467 g/mol. The fraction of sp³-hybridized carbons (Fsp3) is 0.385. The quantitative estimate of drug-likeness (QED) is 0.501. The highest BCUT2D eigenvalue weighted by atomic mass is 35.5. The average Bonchev–Trinajstić information content (AvgIpc) is 2.96. The van der Waals surface area contributed by atoms with Crippen LogP contribution in [0.3, 0.4) is 0 Å². The minimum Gasteiger partial charge on any atom is -0.496 e. The van der Waals surface area contributed by atoms with Crippen molar-refractivity contribution in [2.45, 2.75) is 45.8 Å². The molecule has 0 bridgehead atoms. The lowest BCUT2D eigenvalue weighted by Gasteiger charge is -2.26. The van der Waals surface area contributed by atoms with E-state index in [1.807, 2.05) is 63.2 Å². The number of hydrogen-bond donors (Lipinski definition) is 0. The SMILES string of the molecule is COc1ccccc1Cn1nc2c(c1-c1ccc(Cl)cc1)CCN(C(=O)OC(C)(C)C)CC2. The largest absolute Gasteiger partial charge is 0.496 e. The summed E-state index contributed by atoms with van der Waals surface area (Å²) in [5.74, 6) is 0.835. The van der Waals surface area contributed by atoms with E-state index in [9.17, 15) is 4.79 Å². The Kier molecular flexibility index (Phi) is 6.66. The topological polar surface area (TPSA) is 56.6 Å². The van der Waals surface area contributed by atoms with Gasteiger partial charge in [-0.15, -0.1) is 0 Å². The van der Waals surface area contributed by atoms with Crippen molar-refractivity contribution in [2.24, 2.45) is 0 Å². The van der Waals surface area contributed by atoms with Gasteiger partial charge in [-0.1, -0.05) is 41.9 Å². The molecule has 0 aliphatic carbocycles. The zero-order valence-corrected chi connectivity index (χ0v) is 20.4. The lowest BCUT2D eigenvalue weighted by Crippen LogP contribution is -2.38. The van der Waals surface area contributed by atoms with Gasteiger partial charge in [0.15, 0.2) is 0 Å². The molecule has 0 saturated heterocycles. The van der Waals surface area contributed by atoms with E-state index in [1.165, 1.54) is 5.56 Å². The molecule has 0 spiro atoms. The van der Waals surface area contributed by atoms with E-state index in [4.69, 9.17) is 26.2 Å². The molecule has 0 radical (unpaired) electrons. The number of methoxy groups -OCH3 is 1. The Balaban J connectivity index is 1.69. The molecule has 0 unspecified atom stereocenters. The van der Waals surface area contributed by atoms with Gasteiger partial charge in [0.05, 0.1) is 25.0 Å². The molecule has 2 aromatic carbocycles. The number of ether oxygens (including phenoxy) is 2. The standard InChI is InChI=1S/C26H30ClN3O3/c1-26(2,3)33-25(31)29-15-13-21-22(14-16-29)28-30(17-19-7-5-6-8-23(19)32-4)24(21)18-9-11-20(27)12-10-18/h5-12H,13-17H2,1-4H3. The summed E-state index contributed by atoms with van der Waals surface area (Å²) in [5, 5.41) is 5.69. The summed E-state index contributed by atoms with van der Waals surface area (Å²) in [7, 11) is 1.68. The number of rotatable bonds is 4. The molecule has 1 aliphatic heterocycles. The lowest BCUT2D eigenvalue weighted by molar-refractivity contribution is 0.0258. The summed E-state index contributed by atoms with van der Waals surface area (Å²) in [6.07, 6.45) is 1.11. The minimum absolute atomic E-state index is 0.275. The molecule has 6 nitrogen and oxygen atoms in total. The number of nitrogens with zero attached hydrogens (tertiary/aromatic N) is 3. The number of hydrogen-bond acceptors (Lipinski definition) is 4. The summed E-state index contributed by atoms with van der Waals surface area (Å²) in [6.45, 7) is 7.41. The first-order valence-corrected chi connectivity index (χ1v) is 11.6. The third kappa shape index (κ3) is 5.33. The van der Waals surface area contributed by atoms with Crippen LogP contribution in [0.15, 0.2) is 48.5 Å². The zero-order valence-electron chi connectivity index (χ0n) is 19.6. The van der Waals surface area contributed by atoms with Crippen molar-refractivity contribution in [3.05, 3.63) is 70.4 Å². The van der Waals surface area contributed by atoms with Crippen molar-refractivity contribution in [3.8, 4) is 17.0 Å². The highest BCUT2D eigenvalue weighted by Crippen LogP contribution is 2.32. The zero-order chi connectivity index (χ0) is 23.6. The van der Waals surface area contributed by atoms with E-state index in [2.05, 4.69) is 10.7 Å². The van der Waals surface area contributed by atoms with Crippen LogP contribution in [0.1, 0.15) is 37.6 Å². The molecule has 1 aromatic heterocycles. The first kappa shape index (κ1) is 23.2. The lowest BCUT2D eigenvalue weighted by atomic mass is 10.0. The summed E-state index contributed by atoms with van der Waals surface area (Å²) < 4.78 is 13.2. The summed E-state index contributed by atoms with van der Waals surface area (Å²) in [6, 6.07) is 15.8. The second-order valence-corrected chi connectivity index (χ2v) is 9.65. The molecule has 0 fully saturated rings. The van der Waals surface area contributed by atoms with Gasteiger partial charge in [0, 0.05) is 41.2 Å². The van der Waals surface area contributed by atoms with Gasteiger partial charge in [-0.2, -0.15) is 5.10 Å². The molecule has 0 saturated carbocycles. The van der Waals surface area contributed by atoms with Crippen molar-refractivity contribution >= 4 is 17.7 Å². The van der Waals surface area contributed by atoms with Crippen molar-refractivity contribution in [2.75, 3.05) is 20.2 Å². The molecular weight excluding hydrogens is 438 g/mol. The van der Waals surface area contributed by atoms with Gasteiger partial charge in [0.1, 0.15) is 11.4 Å². The number of halogens is 1. The fourth-order valence-electron chi connectivity index (χ4n) is 4.16. The normalized spacial score (nSPS) is 13.9. The second kappa shape index (κ2) is 9.48. The van der Waals surface area contributed by atoms with E-state index in [0.29, 0.717) is 37.5 Å². The summed E-state index contributed by atoms with van der Waals surface area (Å²) >= 11 is 6.16. The van der Waals surface area contributed by atoms with E-state index in [1.54, 1.807) is 12.0 Å². The van der Waals surface area contributed by atoms with Gasteiger partial charge in [0.2, 0.25) is 0 Å². The molecule has 2 heterocycles. The first-order valence-electron chi connectivity index (χ1n) is 11.2. The molecule has 3 aromatic rings. The molecule has 0 N–H and O–H groups in total. The first-order chi connectivity index (χ1) is 15.7. The second-order valence-electron chi connectivity index (χ2n) is 9.22.